The molecule has 1 aromatic heterocycles. The molecule has 1 aromatic carbocycles. The van der Waals surface area contributed by atoms with E-state index in [2.05, 4.69) is 22.1 Å². The summed E-state index contributed by atoms with van der Waals surface area (Å²) < 4.78 is 0. The van der Waals surface area contributed by atoms with Crippen LogP contribution in [0.25, 0.3) is 0 Å². The molecule has 1 heterocycles. The van der Waals surface area contributed by atoms with E-state index in [1.54, 1.807) is 30.4 Å². The van der Waals surface area contributed by atoms with Crippen LogP contribution in [0.1, 0.15) is 11.7 Å². The molecule has 1 atom stereocenters. The van der Waals surface area contributed by atoms with Gasteiger partial charge < -0.3 is 5.73 Å². The van der Waals surface area contributed by atoms with Crippen LogP contribution in [-0.2, 0) is 0 Å². The van der Waals surface area contributed by atoms with Crippen molar-refractivity contribution in [2.75, 3.05) is 5.75 Å². The molecular weight excluding hydrogens is 218 g/mol. The van der Waals surface area contributed by atoms with Crippen molar-refractivity contribution in [3.8, 4) is 0 Å². The van der Waals surface area contributed by atoms with Gasteiger partial charge in [-0.25, -0.2) is 0 Å². The molecule has 0 radical (unpaired) electrons. The number of rotatable bonds is 4. The Bertz CT molecular complexity index is 419. The topological polar surface area (TPSA) is 51.8 Å². The van der Waals surface area contributed by atoms with E-state index < -0.39 is 0 Å². The number of nitrogens with two attached hydrogens (primary N) is 1. The summed E-state index contributed by atoms with van der Waals surface area (Å²) in [4.78, 5) is 9.42. The van der Waals surface area contributed by atoms with Crippen LogP contribution in [0, 0.1) is 0 Å². The average molecular weight is 231 g/mol. The fourth-order valence-electron chi connectivity index (χ4n) is 1.29. The molecule has 2 rings (SSSR count). The molecule has 0 saturated heterocycles. The maximum absolute atomic E-state index is 6.02. The monoisotopic (exact) mass is 231 g/mol. The molecule has 0 aliphatic heterocycles. The zero-order valence-corrected chi connectivity index (χ0v) is 9.60. The van der Waals surface area contributed by atoms with Crippen LogP contribution >= 0.6 is 11.8 Å². The molecule has 0 aliphatic carbocycles. The predicted molar refractivity (Wildman–Crippen MR) is 66.1 cm³/mol. The highest BCUT2D eigenvalue weighted by Crippen LogP contribution is 2.21. The van der Waals surface area contributed by atoms with E-state index in [1.807, 2.05) is 18.2 Å². The van der Waals surface area contributed by atoms with E-state index in [1.165, 1.54) is 4.90 Å². The summed E-state index contributed by atoms with van der Waals surface area (Å²) in [5, 5.41) is 0. The second kappa shape index (κ2) is 5.63. The first kappa shape index (κ1) is 11.1. The first-order chi connectivity index (χ1) is 7.86. The molecule has 0 saturated carbocycles. The largest absolute Gasteiger partial charge is 0.322 e. The van der Waals surface area contributed by atoms with Crippen LogP contribution in [0.2, 0.25) is 0 Å². The van der Waals surface area contributed by atoms with Gasteiger partial charge in [-0.15, -0.1) is 11.8 Å². The van der Waals surface area contributed by atoms with Crippen molar-refractivity contribution < 1.29 is 0 Å². The Morgan fingerprint density at radius 1 is 1.19 bits per heavy atom. The molecule has 3 nitrogen and oxygen atoms in total. The lowest BCUT2D eigenvalue weighted by Gasteiger charge is -2.09. The number of thioether (sulfide) groups is 1. The maximum atomic E-state index is 6.02. The van der Waals surface area contributed by atoms with Gasteiger partial charge in [0.15, 0.2) is 0 Å². The summed E-state index contributed by atoms with van der Waals surface area (Å²) in [6.07, 6.45) is 5.04. The van der Waals surface area contributed by atoms with E-state index in [0.29, 0.717) is 0 Å². The van der Waals surface area contributed by atoms with Crippen LogP contribution in [0.5, 0.6) is 0 Å². The van der Waals surface area contributed by atoms with Crippen LogP contribution in [0.3, 0.4) is 0 Å². The summed E-state index contributed by atoms with van der Waals surface area (Å²) in [6.45, 7) is 0. The highest BCUT2D eigenvalue weighted by atomic mass is 32.2. The van der Waals surface area contributed by atoms with Crippen LogP contribution in [0.4, 0.5) is 0 Å². The maximum Gasteiger partial charge on any atom is 0.0762 e. The molecule has 82 valence electrons. The van der Waals surface area contributed by atoms with Crippen LogP contribution in [0.15, 0.2) is 53.8 Å². The number of benzene rings is 1. The standard InChI is InChI=1S/C12H13N3S/c13-11(12-8-14-6-7-15-12)9-16-10-4-2-1-3-5-10/h1-8,11H,9,13H2. The Morgan fingerprint density at radius 2 is 2.00 bits per heavy atom. The molecule has 0 spiro atoms. The average Bonchev–Trinajstić information content (AvgIpc) is 2.38. The molecular formula is C12H13N3S. The number of aromatic nitrogens is 2. The predicted octanol–water partition coefficient (Wildman–Crippen LogP) is 2.27. The number of nitrogens with zero attached hydrogens (tertiary/aromatic N) is 2. The Hall–Kier alpha value is -1.39. The highest BCUT2D eigenvalue weighted by Gasteiger charge is 2.07. The van der Waals surface area contributed by atoms with Gasteiger partial charge in [0.25, 0.3) is 0 Å². The van der Waals surface area contributed by atoms with Crippen molar-refractivity contribution in [3.05, 3.63) is 54.6 Å². The minimum Gasteiger partial charge on any atom is -0.322 e. The summed E-state index contributed by atoms with van der Waals surface area (Å²) >= 11 is 1.73. The molecule has 0 fully saturated rings. The van der Waals surface area contributed by atoms with Gasteiger partial charge in [-0.3, -0.25) is 9.97 Å². The van der Waals surface area contributed by atoms with Gasteiger partial charge in [0, 0.05) is 29.2 Å². The van der Waals surface area contributed by atoms with Gasteiger partial charge in [-0.2, -0.15) is 0 Å². The normalized spacial score (nSPS) is 12.3. The minimum atomic E-state index is -0.0705. The molecule has 16 heavy (non-hydrogen) atoms. The van der Waals surface area contributed by atoms with E-state index in [9.17, 15) is 0 Å². The second-order valence-corrected chi connectivity index (χ2v) is 4.45. The third-order valence-electron chi connectivity index (χ3n) is 2.14. The van der Waals surface area contributed by atoms with Crippen molar-refractivity contribution in [2.24, 2.45) is 5.73 Å². The van der Waals surface area contributed by atoms with Gasteiger partial charge in [-0.05, 0) is 12.1 Å². The second-order valence-electron chi connectivity index (χ2n) is 3.36. The quantitative estimate of drug-likeness (QED) is 0.820. The van der Waals surface area contributed by atoms with E-state index >= 15 is 0 Å². The SMILES string of the molecule is NC(CSc1ccccc1)c1cnccn1. The Morgan fingerprint density at radius 3 is 2.69 bits per heavy atom. The van der Waals surface area contributed by atoms with Gasteiger partial charge >= 0.3 is 0 Å². The third-order valence-corrected chi connectivity index (χ3v) is 3.27. The Labute approximate surface area is 99.1 Å². The van der Waals surface area contributed by atoms with Crippen molar-refractivity contribution >= 4 is 11.8 Å². The van der Waals surface area contributed by atoms with Crippen LogP contribution < -0.4 is 5.73 Å². The van der Waals surface area contributed by atoms with Crippen molar-refractivity contribution in [1.82, 2.24) is 9.97 Å². The zero-order chi connectivity index (χ0) is 11.2. The van der Waals surface area contributed by atoms with E-state index in [-0.39, 0.29) is 6.04 Å². The fourth-order valence-corrected chi connectivity index (χ4v) is 2.18. The van der Waals surface area contributed by atoms with Gasteiger partial charge in [0.05, 0.1) is 11.7 Å². The summed E-state index contributed by atoms with van der Waals surface area (Å²) in [6, 6.07) is 10.1. The van der Waals surface area contributed by atoms with E-state index in [4.69, 9.17) is 5.73 Å². The number of hydrogen-bond donors (Lipinski definition) is 1. The van der Waals surface area contributed by atoms with Crippen molar-refractivity contribution in [2.45, 2.75) is 10.9 Å². The molecule has 4 heteroatoms. The summed E-state index contributed by atoms with van der Waals surface area (Å²) in [5.41, 5.74) is 6.86. The lowest BCUT2D eigenvalue weighted by Crippen LogP contribution is -2.14. The molecule has 0 amide bonds. The minimum absolute atomic E-state index is 0.0705. The third kappa shape index (κ3) is 3.05. The van der Waals surface area contributed by atoms with Gasteiger partial charge in [0.1, 0.15) is 0 Å². The Balaban J connectivity index is 1.92. The highest BCUT2D eigenvalue weighted by molar-refractivity contribution is 7.99. The first-order valence-electron chi connectivity index (χ1n) is 5.05. The molecule has 0 bridgehead atoms. The fraction of sp³-hybridized carbons (Fsp3) is 0.167. The first-order valence-corrected chi connectivity index (χ1v) is 6.04. The van der Waals surface area contributed by atoms with Crippen molar-refractivity contribution in [1.29, 1.82) is 0 Å². The van der Waals surface area contributed by atoms with Crippen LogP contribution in [-0.4, -0.2) is 15.7 Å². The van der Waals surface area contributed by atoms with Gasteiger partial charge in [-0.1, -0.05) is 18.2 Å². The molecule has 2 aromatic rings. The summed E-state index contributed by atoms with van der Waals surface area (Å²) in [5.74, 6) is 0.808. The molecule has 2 N–H and O–H groups in total. The number of hydrogen-bond acceptors (Lipinski definition) is 4. The smallest absolute Gasteiger partial charge is 0.0762 e. The molecule has 0 aliphatic rings. The van der Waals surface area contributed by atoms with Gasteiger partial charge in [0.2, 0.25) is 0 Å². The van der Waals surface area contributed by atoms with Crippen molar-refractivity contribution in [3.63, 3.8) is 0 Å². The molecule has 1 unspecified atom stereocenters. The van der Waals surface area contributed by atoms with E-state index in [0.717, 1.165) is 11.4 Å². The lowest BCUT2D eigenvalue weighted by molar-refractivity contribution is 0.783. The zero-order valence-electron chi connectivity index (χ0n) is 8.78. The Kier molecular flexibility index (Phi) is 3.91. The lowest BCUT2D eigenvalue weighted by atomic mass is 10.3. The summed E-state index contributed by atoms with van der Waals surface area (Å²) in [7, 11) is 0.